The van der Waals surface area contributed by atoms with Crippen molar-refractivity contribution in [1.29, 1.82) is 0 Å². The Morgan fingerprint density at radius 2 is 1.82 bits per heavy atom. The third kappa shape index (κ3) is 5.34. The van der Waals surface area contributed by atoms with Gasteiger partial charge in [-0.15, -0.1) is 0 Å². The smallest absolute Gasteiger partial charge is 0.311 e. The summed E-state index contributed by atoms with van der Waals surface area (Å²) in [5.74, 6) is -1.21. The van der Waals surface area contributed by atoms with Crippen LogP contribution in [0.25, 0.3) is 10.9 Å². The molecule has 0 aliphatic rings. The third-order valence-corrected chi connectivity index (χ3v) is 5.76. The van der Waals surface area contributed by atoms with Crippen LogP contribution in [0, 0.1) is 5.82 Å². The molecule has 0 radical (unpaired) electrons. The van der Waals surface area contributed by atoms with Crippen LogP contribution in [0.4, 0.5) is 10.1 Å². The van der Waals surface area contributed by atoms with Gasteiger partial charge in [-0.2, -0.15) is 0 Å². The molecule has 0 bridgehead atoms. The highest BCUT2D eigenvalue weighted by Crippen LogP contribution is 2.33. The second kappa shape index (κ2) is 10.4. The lowest BCUT2D eigenvalue weighted by Crippen LogP contribution is -2.15. The number of rotatable bonds is 7. The second-order valence-electron chi connectivity index (χ2n) is 7.42. The van der Waals surface area contributed by atoms with E-state index in [9.17, 15) is 14.0 Å². The number of aryl methyl sites for hydroxylation is 1. The van der Waals surface area contributed by atoms with Crippen molar-refractivity contribution in [3.05, 3.63) is 88.8 Å². The number of esters is 1. The number of alkyl halides is 1. The minimum absolute atomic E-state index is 0.0541. The first kappa shape index (κ1) is 24.0. The summed E-state index contributed by atoms with van der Waals surface area (Å²) < 4.78 is 27.3. The van der Waals surface area contributed by atoms with Crippen molar-refractivity contribution in [2.75, 3.05) is 9.93 Å². The van der Waals surface area contributed by atoms with Crippen LogP contribution in [0.3, 0.4) is 0 Å². The van der Waals surface area contributed by atoms with Crippen molar-refractivity contribution < 1.29 is 23.5 Å². The van der Waals surface area contributed by atoms with Crippen molar-refractivity contribution in [2.24, 2.45) is 7.05 Å². The Morgan fingerprint density at radius 3 is 2.53 bits per heavy atom. The zero-order valence-electron chi connectivity index (χ0n) is 18.0. The average molecular weight is 593 g/mol. The molecule has 6 nitrogen and oxygen atoms in total. The van der Waals surface area contributed by atoms with E-state index in [-0.39, 0.29) is 45.1 Å². The Kier molecular flexibility index (Phi) is 7.38. The molecule has 0 atom stereocenters. The SMILES string of the molecule is Cn1c(C(=O)Nc2ccc(Oc3ccc(CC(=O)OCI)cc3Cl)c(F)c2)cc2ccccc21. The van der Waals surface area contributed by atoms with Gasteiger partial charge in [0.1, 0.15) is 16.1 Å². The molecule has 0 unspecified atom stereocenters. The summed E-state index contributed by atoms with van der Waals surface area (Å²) in [6.45, 7) is 0. The van der Waals surface area contributed by atoms with Crippen molar-refractivity contribution in [3.8, 4) is 11.5 Å². The van der Waals surface area contributed by atoms with Gasteiger partial charge in [-0.3, -0.25) is 9.59 Å². The quantitative estimate of drug-likeness (QED) is 0.151. The molecule has 3 aromatic carbocycles. The number of halogens is 3. The molecule has 4 aromatic rings. The molecule has 34 heavy (non-hydrogen) atoms. The topological polar surface area (TPSA) is 69.6 Å². The molecule has 1 heterocycles. The van der Waals surface area contributed by atoms with Gasteiger partial charge in [0.05, 0.1) is 11.4 Å². The minimum Gasteiger partial charge on any atom is -0.455 e. The van der Waals surface area contributed by atoms with E-state index in [1.165, 1.54) is 12.1 Å². The number of nitrogens with zero attached hydrogens (tertiary/aromatic N) is 1. The Bertz CT molecular complexity index is 1390. The monoisotopic (exact) mass is 592 g/mol. The van der Waals surface area contributed by atoms with Crippen molar-refractivity contribution in [3.63, 3.8) is 0 Å². The molecule has 174 valence electrons. The molecule has 0 saturated carbocycles. The highest BCUT2D eigenvalue weighted by Gasteiger charge is 2.15. The summed E-state index contributed by atoms with van der Waals surface area (Å²) in [6.07, 6.45) is 0.0719. The lowest BCUT2D eigenvalue weighted by atomic mass is 10.1. The molecule has 1 N–H and O–H groups in total. The summed E-state index contributed by atoms with van der Waals surface area (Å²) in [5.41, 5.74) is 2.32. The number of amides is 1. The Hall–Kier alpha value is -3.11. The summed E-state index contributed by atoms with van der Waals surface area (Å²) >= 11 is 8.19. The number of carbonyl (C=O) groups is 2. The zero-order valence-corrected chi connectivity index (χ0v) is 20.9. The van der Waals surface area contributed by atoms with Gasteiger partial charge in [0, 0.05) is 29.7 Å². The van der Waals surface area contributed by atoms with Gasteiger partial charge >= 0.3 is 5.97 Å². The van der Waals surface area contributed by atoms with Gasteiger partial charge < -0.3 is 19.4 Å². The third-order valence-electron chi connectivity index (χ3n) is 5.15. The highest BCUT2D eigenvalue weighted by molar-refractivity contribution is 14.1. The fourth-order valence-corrected chi connectivity index (χ4v) is 4.09. The molecular formula is C25H19ClFIN2O4. The van der Waals surface area contributed by atoms with Crippen molar-refractivity contribution in [1.82, 2.24) is 4.57 Å². The van der Waals surface area contributed by atoms with Gasteiger partial charge in [0.2, 0.25) is 0 Å². The number of para-hydroxylation sites is 1. The van der Waals surface area contributed by atoms with E-state index >= 15 is 0 Å². The molecule has 0 saturated heterocycles. The maximum atomic E-state index is 14.7. The number of anilines is 1. The lowest BCUT2D eigenvalue weighted by molar-refractivity contribution is -0.140. The van der Waals surface area contributed by atoms with E-state index in [2.05, 4.69) is 5.32 Å². The first-order chi connectivity index (χ1) is 16.4. The average Bonchev–Trinajstić information content (AvgIpc) is 3.14. The van der Waals surface area contributed by atoms with E-state index in [1.807, 2.05) is 46.9 Å². The van der Waals surface area contributed by atoms with Crippen LogP contribution >= 0.6 is 34.2 Å². The summed E-state index contributed by atoms with van der Waals surface area (Å²) in [6, 6.07) is 18.4. The molecular weight excluding hydrogens is 574 g/mol. The molecule has 0 spiro atoms. The molecule has 1 aromatic heterocycles. The maximum absolute atomic E-state index is 14.7. The normalized spacial score (nSPS) is 10.8. The van der Waals surface area contributed by atoms with Crippen molar-refractivity contribution >= 4 is 62.7 Å². The van der Waals surface area contributed by atoms with Crippen LogP contribution in [0.5, 0.6) is 11.5 Å². The summed E-state index contributed by atoms with van der Waals surface area (Å²) in [4.78, 5) is 24.4. The summed E-state index contributed by atoms with van der Waals surface area (Å²) in [7, 11) is 1.80. The number of carbonyl (C=O) groups excluding carboxylic acids is 2. The van der Waals surface area contributed by atoms with E-state index in [4.69, 9.17) is 21.1 Å². The van der Waals surface area contributed by atoms with Crippen LogP contribution in [0.15, 0.2) is 66.7 Å². The predicted molar refractivity (Wildman–Crippen MR) is 137 cm³/mol. The largest absolute Gasteiger partial charge is 0.455 e. The van der Waals surface area contributed by atoms with Crippen LogP contribution in [-0.4, -0.2) is 21.1 Å². The Balaban J connectivity index is 1.46. The van der Waals surface area contributed by atoms with E-state index < -0.39 is 5.82 Å². The summed E-state index contributed by atoms with van der Waals surface area (Å²) in [5, 5.41) is 3.88. The standard InChI is InChI=1S/C25H19ClFIN2O4/c1-30-20-5-3-2-4-16(20)12-21(30)25(32)29-17-7-9-23(19(27)13-17)34-22-8-6-15(10-18(22)26)11-24(31)33-14-28/h2-10,12-13H,11,14H2,1H3,(H,29,32). The fraction of sp³-hybridized carbons (Fsp3) is 0.120. The maximum Gasteiger partial charge on any atom is 0.311 e. The fourth-order valence-electron chi connectivity index (χ4n) is 3.50. The van der Waals surface area contributed by atoms with Crippen LogP contribution in [-0.2, 0) is 23.0 Å². The van der Waals surface area contributed by atoms with Gasteiger partial charge in [0.15, 0.2) is 11.6 Å². The number of ether oxygens (including phenoxy) is 2. The minimum atomic E-state index is -0.666. The highest BCUT2D eigenvalue weighted by atomic mass is 127. The molecule has 1 amide bonds. The lowest BCUT2D eigenvalue weighted by Gasteiger charge is -2.12. The number of benzene rings is 3. The molecule has 4 rings (SSSR count). The molecule has 0 fully saturated rings. The van der Waals surface area contributed by atoms with Crippen molar-refractivity contribution in [2.45, 2.75) is 6.42 Å². The van der Waals surface area contributed by atoms with Gasteiger partial charge in [-0.25, -0.2) is 4.39 Å². The molecule has 0 aliphatic carbocycles. The second-order valence-corrected chi connectivity index (χ2v) is 8.45. The Labute approximate surface area is 213 Å². The predicted octanol–water partition coefficient (Wildman–Crippen LogP) is 6.49. The van der Waals surface area contributed by atoms with E-state index in [1.54, 1.807) is 41.9 Å². The Morgan fingerprint density at radius 1 is 1.06 bits per heavy atom. The number of aromatic nitrogens is 1. The number of fused-ring (bicyclic) bond motifs is 1. The van der Waals surface area contributed by atoms with E-state index in [0.29, 0.717) is 11.3 Å². The number of nitrogens with one attached hydrogen (secondary N) is 1. The van der Waals surface area contributed by atoms with Crippen LogP contribution in [0.2, 0.25) is 5.02 Å². The number of hydrogen-bond acceptors (Lipinski definition) is 4. The number of hydrogen-bond donors (Lipinski definition) is 1. The first-order valence-electron chi connectivity index (χ1n) is 10.2. The van der Waals surface area contributed by atoms with E-state index in [0.717, 1.165) is 10.9 Å². The molecule has 9 heteroatoms. The van der Waals surface area contributed by atoms with Gasteiger partial charge in [0.25, 0.3) is 5.91 Å². The zero-order chi connectivity index (χ0) is 24.2. The van der Waals surface area contributed by atoms with Crippen LogP contribution in [0.1, 0.15) is 16.1 Å². The van der Waals surface area contributed by atoms with Gasteiger partial charge in [-0.1, -0.05) is 35.9 Å². The van der Waals surface area contributed by atoms with Crippen LogP contribution < -0.4 is 10.1 Å². The van der Waals surface area contributed by atoms with Gasteiger partial charge in [-0.05, 0) is 64.6 Å². The molecule has 0 aliphatic heterocycles. The first-order valence-corrected chi connectivity index (χ1v) is 12.1.